The van der Waals surface area contributed by atoms with Gasteiger partial charge in [-0.05, 0) is 63.1 Å². The van der Waals surface area contributed by atoms with E-state index in [1.165, 1.54) is 39.8 Å². The molecule has 3 aromatic rings. The zero-order chi connectivity index (χ0) is 31.7. The van der Waals surface area contributed by atoms with E-state index in [0.717, 1.165) is 42.5 Å². The van der Waals surface area contributed by atoms with Crippen molar-refractivity contribution in [2.24, 2.45) is 5.92 Å². The number of nitrogens with zero attached hydrogens (tertiary/aromatic N) is 7. The molecule has 6 rings (SSSR count). The first-order chi connectivity index (χ1) is 21.7. The number of rotatable bonds is 10. The third kappa shape index (κ3) is 6.59. The first-order valence-corrected chi connectivity index (χ1v) is 15.9. The molecule has 10 heteroatoms. The number of amides is 1. The molecular formula is C35H42FN7O2. The Balaban J connectivity index is 1.31. The van der Waals surface area contributed by atoms with Gasteiger partial charge in [-0.3, -0.25) is 4.79 Å². The molecule has 236 valence electrons. The van der Waals surface area contributed by atoms with E-state index in [2.05, 4.69) is 83.4 Å². The fourth-order valence-corrected chi connectivity index (χ4v) is 6.63. The number of aryl methyl sites for hydroxylation is 1. The van der Waals surface area contributed by atoms with Crippen LogP contribution in [0, 0.1) is 19.4 Å². The molecule has 2 aromatic carbocycles. The molecule has 2 atom stereocenters. The Hall–Kier alpha value is -4.23. The lowest BCUT2D eigenvalue weighted by Crippen LogP contribution is -2.57. The standard InChI is InChI=1S/C35H42FN7O2/c1-23-8-6-9-27-10-7-11-31(32(23)27)41-15-14-29-30(21-41)38-35(45-22-24(2)40(5)19-26-12-13-26)39-33(29)42-16-17-43(34(44)25(3)36)28(20-42)18-37-4/h6-11,24,26,28H,3,12-22H2,1-2,5H3/t24-,28-/m0/s1. The lowest BCUT2D eigenvalue weighted by atomic mass is 9.99. The average Bonchev–Trinajstić information content (AvgIpc) is 3.86. The van der Waals surface area contributed by atoms with Crippen molar-refractivity contribution in [3.63, 3.8) is 0 Å². The van der Waals surface area contributed by atoms with Gasteiger partial charge in [-0.2, -0.15) is 9.97 Å². The first-order valence-electron chi connectivity index (χ1n) is 15.9. The lowest BCUT2D eigenvalue weighted by Gasteiger charge is -2.41. The number of piperazine rings is 1. The van der Waals surface area contributed by atoms with E-state index in [0.29, 0.717) is 32.3 Å². The molecule has 45 heavy (non-hydrogen) atoms. The molecule has 1 amide bonds. The molecule has 0 bridgehead atoms. The minimum atomic E-state index is -1.00. The zero-order valence-corrected chi connectivity index (χ0v) is 26.5. The number of halogens is 1. The van der Waals surface area contributed by atoms with Gasteiger partial charge in [0, 0.05) is 55.4 Å². The number of carbonyl (C=O) groups is 1. The molecule has 9 nitrogen and oxygen atoms in total. The maximum absolute atomic E-state index is 13.8. The summed E-state index contributed by atoms with van der Waals surface area (Å²) >= 11 is 0. The summed E-state index contributed by atoms with van der Waals surface area (Å²) in [5.74, 6) is -0.180. The van der Waals surface area contributed by atoms with E-state index in [1.807, 2.05) is 0 Å². The highest BCUT2D eigenvalue weighted by Crippen LogP contribution is 2.36. The van der Waals surface area contributed by atoms with E-state index in [4.69, 9.17) is 21.3 Å². The molecule has 3 heterocycles. The zero-order valence-electron chi connectivity index (χ0n) is 26.5. The number of fused-ring (bicyclic) bond motifs is 2. The van der Waals surface area contributed by atoms with Gasteiger partial charge in [-0.1, -0.05) is 36.9 Å². The van der Waals surface area contributed by atoms with Crippen LogP contribution in [0.25, 0.3) is 15.6 Å². The van der Waals surface area contributed by atoms with E-state index in [9.17, 15) is 9.18 Å². The quantitative estimate of drug-likeness (QED) is 0.235. The Kier molecular flexibility index (Phi) is 8.90. The molecule has 1 aromatic heterocycles. The molecule has 1 saturated carbocycles. The molecular weight excluding hydrogens is 569 g/mol. The number of ether oxygens (including phenoxy) is 1. The molecule has 3 aliphatic rings. The predicted molar refractivity (Wildman–Crippen MR) is 175 cm³/mol. The number of aromatic nitrogens is 2. The summed E-state index contributed by atoms with van der Waals surface area (Å²) in [4.78, 5) is 34.3. The summed E-state index contributed by atoms with van der Waals surface area (Å²) in [5.41, 5.74) is 4.40. The van der Waals surface area contributed by atoms with Gasteiger partial charge in [0.2, 0.25) is 6.54 Å². The lowest BCUT2D eigenvalue weighted by molar-refractivity contribution is -0.131. The van der Waals surface area contributed by atoms with Crippen LogP contribution in [-0.2, 0) is 17.8 Å². The Morgan fingerprint density at radius 3 is 2.69 bits per heavy atom. The molecule has 1 aliphatic carbocycles. The van der Waals surface area contributed by atoms with Gasteiger partial charge in [-0.15, -0.1) is 0 Å². The highest BCUT2D eigenvalue weighted by Gasteiger charge is 2.36. The molecule has 2 aliphatic heterocycles. The Morgan fingerprint density at radius 1 is 1.18 bits per heavy atom. The predicted octanol–water partition coefficient (Wildman–Crippen LogP) is 5.03. The summed E-state index contributed by atoms with van der Waals surface area (Å²) in [6.45, 7) is 19.1. The molecule has 0 unspecified atom stereocenters. The first kappa shape index (κ1) is 30.8. The average molecular weight is 612 g/mol. The minimum absolute atomic E-state index is 0.0746. The second kappa shape index (κ2) is 13.0. The number of likely N-dealkylation sites (N-methyl/N-ethyl adjacent to an activating group) is 1. The van der Waals surface area contributed by atoms with Gasteiger partial charge in [0.1, 0.15) is 18.5 Å². The van der Waals surface area contributed by atoms with Crippen LogP contribution in [0.1, 0.15) is 36.6 Å². The highest BCUT2D eigenvalue weighted by atomic mass is 19.1. The summed E-state index contributed by atoms with van der Waals surface area (Å²) in [6, 6.07) is 12.9. The largest absolute Gasteiger partial charge is 0.462 e. The fourth-order valence-electron chi connectivity index (χ4n) is 6.63. The number of carbonyl (C=O) groups excluding carboxylic acids is 1. The van der Waals surface area contributed by atoms with Crippen LogP contribution in [0.5, 0.6) is 6.01 Å². The van der Waals surface area contributed by atoms with Crippen LogP contribution >= 0.6 is 0 Å². The van der Waals surface area contributed by atoms with Gasteiger partial charge in [0.15, 0.2) is 5.83 Å². The van der Waals surface area contributed by atoms with Gasteiger partial charge in [0.05, 0.1) is 12.2 Å². The van der Waals surface area contributed by atoms with Gasteiger partial charge in [0.25, 0.3) is 5.91 Å². The van der Waals surface area contributed by atoms with E-state index in [1.54, 1.807) is 0 Å². The van der Waals surface area contributed by atoms with Crippen LogP contribution in [0.2, 0.25) is 0 Å². The Labute approximate surface area is 265 Å². The summed E-state index contributed by atoms with van der Waals surface area (Å²) in [7, 11) is 2.14. The monoisotopic (exact) mass is 611 g/mol. The fraction of sp³-hybridized carbons (Fsp3) is 0.486. The normalized spacial score (nSPS) is 18.9. The van der Waals surface area contributed by atoms with Crippen molar-refractivity contribution in [3.05, 3.63) is 77.0 Å². The Bertz CT molecular complexity index is 1630. The summed E-state index contributed by atoms with van der Waals surface area (Å²) < 4.78 is 20.1. The minimum Gasteiger partial charge on any atom is -0.462 e. The number of anilines is 2. The van der Waals surface area contributed by atoms with Gasteiger partial charge >= 0.3 is 6.01 Å². The topological polar surface area (TPSA) is 69.4 Å². The van der Waals surface area contributed by atoms with Crippen molar-refractivity contribution < 1.29 is 13.9 Å². The van der Waals surface area contributed by atoms with Crippen molar-refractivity contribution >= 4 is 28.2 Å². The highest BCUT2D eigenvalue weighted by molar-refractivity contribution is 5.97. The maximum Gasteiger partial charge on any atom is 0.318 e. The second-order valence-electron chi connectivity index (χ2n) is 12.8. The molecule has 1 saturated heterocycles. The smallest absolute Gasteiger partial charge is 0.318 e. The molecule has 0 spiro atoms. The van der Waals surface area contributed by atoms with Gasteiger partial charge in [-0.25, -0.2) is 11.0 Å². The number of hydrogen-bond acceptors (Lipinski definition) is 7. The number of hydrogen-bond donors (Lipinski definition) is 0. The van der Waals surface area contributed by atoms with Crippen molar-refractivity contribution in [3.8, 4) is 6.01 Å². The third-order valence-corrected chi connectivity index (χ3v) is 9.48. The van der Waals surface area contributed by atoms with Crippen molar-refractivity contribution in [1.82, 2.24) is 19.8 Å². The molecule has 0 N–H and O–H groups in total. The third-order valence-electron chi connectivity index (χ3n) is 9.48. The van der Waals surface area contributed by atoms with Crippen molar-refractivity contribution in [2.75, 3.05) is 62.7 Å². The van der Waals surface area contributed by atoms with Crippen molar-refractivity contribution in [1.29, 1.82) is 0 Å². The second-order valence-corrected chi connectivity index (χ2v) is 12.8. The van der Waals surface area contributed by atoms with Gasteiger partial charge < -0.3 is 29.2 Å². The van der Waals surface area contributed by atoms with Crippen LogP contribution < -0.4 is 14.5 Å². The van der Waals surface area contributed by atoms with E-state index < -0.39 is 17.8 Å². The van der Waals surface area contributed by atoms with Crippen LogP contribution in [-0.4, -0.2) is 90.7 Å². The van der Waals surface area contributed by atoms with E-state index in [-0.39, 0.29) is 19.1 Å². The Morgan fingerprint density at radius 2 is 1.96 bits per heavy atom. The van der Waals surface area contributed by atoms with Crippen LogP contribution in [0.15, 0.2) is 48.8 Å². The maximum atomic E-state index is 13.8. The summed E-state index contributed by atoms with van der Waals surface area (Å²) in [6.07, 6.45) is 3.34. The van der Waals surface area contributed by atoms with Crippen LogP contribution in [0.4, 0.5) is 15.9 Å². The summed E-state index contributed by atoms with van der Waals surface area (Å²) in [5, 5.41) is 2.46. The van der Waals surface area contributed by atoms with Crippen molar-refractivity contribution in [2.45, 2.75) is 51.7 Å². The van der Waals surface area contributed by atoms with E-state index >= 15 is 0 Å². The molecule has 0 radical (unpaired) electrons. The SMILES string of the molecule is [C-]#[N+]C[C@H]1CN(c2nc(OC[C@H](C)N(C)CC3CC3)nc3c2CCN(c2cccc4cccc(C)c24)C3)CCN1C(=O)C(=C)F. The number of benzene rings is 2. The molecule has 2 fully saturated rings. The van der Waals surface area contributed by atoms with Crippen LogP contribution in [0.3, 0.4) is 0 Å².